The average molecular weight is 673 g/mol. The maximum absolute atomic E-state index is 13.9. The van der Waals surface area contributed by atoms with Gasteiger partial charge in [-0.2, -0.15) is 0 Å². The van der Waals surface area contributed by atoms with Crippen LogP contribution in [0.25, 0.3) is 17.4 Å². The minimum Gasteiger partial charge on any atom is -0.496 e. The number of halogens is 2. The number of benzene rings is 2. The van der Waals surface area contributed by atoms with Gasteiger partial charge in [-0.1, -0.05) is 38.9 Å². The molecule has 4 aromatic rings. The number of esters is 1. The molecule has 0 unspecified atom stereocenters. The molecule has 10 nitrogen and oxygen atoms in total. The summed E-state index contributed by atoms with van der Waals surface area (Å²) >= 11 is 10.6. The van der Waals surface area contributed by atoms with Crippen molar-refractivity contribution in [3.05, 3.63) is 110 Å². The van der Waals surface area contributed by atoms with Gasteiger partial charge in [0.05, 0.1) is 33.9 Å². The van der Waals surface area contributed by atoms with Gasteiger partial charge in [0.15, 0.2) is 4.80 Å². The molecule has 0 N–H and O–H groups in total. The van der Waals surface area contributed by atoms with Gasteiger partial charge in [-0.25, -0.2) is 9.79 Å². The Morgan fingerprint density at radius 1 is 1.24 bits per heavy atom. The second-order valence-corrected chi connectivity index (χ2v) is 11.9. The van der Waals surface area contributed by atoms with Crippen molar-refractivity contribution in [2.45, 2.75) is 32.9 Å². The highest BCUT2D eigenvalue weighted by molar-refractivity contribution is 9.10. The third kappa shape index (κ3) is 5.57. The highest BCUT2D eigenvalue weighted by atomic mass is 79.9. The zero-order valence-corrected chi connectivity index (χ0v) is 25.9. The van der Waals surface area contributed by atoms with Gasteiger partial charge < -0.3 is 13.9 Å². The number of carbonyl (C=O) groups is 1. The molecule has 0 amide bonds. The predicted octanol–water partition coefficient (Wildman–Crippen LogP) is 5.78. The Kier molecular flexibility index (Phi) is 8.22. The van der Waals surface area contributed by atoms with Crippen molar-refractivity contribution in [3.8, 4) is 17.1 Å². The van der Waals surface area contributed by atoms with E-state index in [4.69, 9.17) is 25.5 Å². The molecule has 3 heterocycles. The molecule has 2 aromatic heterocycles. The van der Waals surface area contributed by atoms with Crippen LogP contribution in [0.2, 0.25) is 5.02 Å². The van der Waals surface area contributed by atoms with Crippen LogP contribution in [0.15, 0.2) is 78.5 Å². The predicted molar refractivity (Wildman–Crippen MR) is 161 cm³/mol. The summed E-state index contributed by atoms with van der Waals surface area (Å²) in [7, 11) is 1.52. The van der Waals surface area contributed by atoms with Crippen LogP contribution in [-0.2, 0) is 9.53 Å². The van der Waals surface area contributed by atoms with Crippen molar-refractivity contribution in [3.63, 3.8) is 0 Å². The minimum absolute atomic E-state index is 0.0141. The van der Waals surface area contributed by atoms with E-state index < -0.39 is 22.5 Å². The molecule has 0 fully saturated rings. The Morgan fingerprint density at radius 2 is 2.00 bits per heavy atom. The van der Waals surface area contributed by atoms with Crippen molar-refractivity contribution < 1.29 is 23.6 Å². The van der Waals surface area contributed by atoms with Crippen LogP contribution in [0.5, 0.6) is 5.75 Å². The number of methoxy groups -OCH3 is 1. The first-order valence-electron chi connectivity index (χ1n) is 12.6. The van der Waals surface area contributed by atoms with E-state index in [1.165, 1.54) is 23.8 Å². The molecule has 0 bridgehead atoms. The zero-order chi connectivity index (χ0) is 30.3. The lowest BCUT2D eigenvalue weighted by Crippen LogP contribution is -2.40. The lowest BCUT2D eigenvalue weighted by atomic mass is 9.95. The Hall–Kier alpha value is -4.00. The molecule has 0 aliphatic carbocycles. The van der Waals surface area contributed by atoms with Crippen molar-refractivity contribution in [2.75, 3.05) is 7.11 Å². The minimum atomic E-state index is -0.871. The number of fused-ring (bicyclic) bond motifs is 1. The van der Waals surface area contributed by atoms with E-state index in [0.29, 0.717) is 43.4 Å². The van der Waals surface area contributed by atoms with Gasteiger partial charge in [0.1, 0.15) is 28.3 Å². The van der Waals surface area contributed by atoms with E-state index in [-0.39, 0.29) is 22.4 Å². The van der Waals surface area contributed by atoms with Gasteiger partial charge in [0.25, 0.3) is 11.2 Å². The van der Waals surface area contributed by atoms with Crippen LogP contribution < -0.4 is 19.6 Å². The van der Waals surface area contributed by atoms with Crippen LogP contribution in [0.1, 0.15) is 38.1 Å². The number of ether oxygens (including phenoxy) is 2. The molecule has 13 heteroatoms. The van der Waals surface area contributed by atoms with E-state index in [2.05, 4.69) is 20.9 Å². The summed E-state index contributed by atoms with van der Waals surface area (Å²) in [5.41, 5.74) is 1.04. The fourth-order valence-corrected chi connectivity index (χ4v) is 6.19. The van der Waals surface area contributed by atoms with Gasteiger partial charge in [-0.15, -0.1) is 0 Å². The zero-order valence-electron chi connectivity index (χ0n) is 22.7. The van der Waals surface area contributed by atoms with E-state index >= 15 is 0 Å². The van der Waals surface area contributed by atoms with Crippen LogP contribution in [0.4, 0.5) is 5.69 Å². The average Bonchev–Trinajstić information content (AvgIpc) is 3.51. The van der Waals surface area contributed by atoms with Crippen molar-refractivity contribution in [1.82, 2.24) is 4.57 Å². The fourth-order valence-electron chi connectivity index (χ4n) is 4.59. The number of hydrogen-bond acceptors (Lipinski definition) is 9. The third-order valence-electron chi connectivity index (χ3n) is 6.40. The maximum Gasteiger partial charge on any atom is 0.338 e. The highest BCUT2D eigenvalue weighted by Gasteiger charge is 2.35. The summed E-state index contributed by atoms with van der Waals surface area (Å²) in [6.45, 7) is 5.20. The Balaban J connectivity index is 1.65. The maximum atomic E-state index is 13.9. The number of allylic oxidation sites excluding steroid dienone is 1. The summed E-state index contributed by atoms with van der Waals surface area (Å²) in [4.78, 5) is 43.0. The lowest BCUT2D eigenvalue weighted by Gasteiger charge is -2.26. The van der Waals surface area contributed by atoms with E-state index in [9.17, 15) is 19.7 Å². The molecule has 1 aliphatic rings. The third-order valence-corrected chi connectivity index (χ3v) is 8.19. The highest BCUT2D eigenvalue weighted by Crippen LogP contribution is 2.37. The van der Waals surface area contributed by atoms with Gasteiger partial charge in [0.2, 0.25) is 0 Å². The molecule has 2 aromatic carbocycles. The van der Waals surface area contributed by atoms with Crippen LogP contribution in [0.3, 0.4) is 0 Å². The molecule has 1 aliphatic heterocycles. The number of rotatable bonds is 7. The normalized spacial score (nSPS) is 15.0. The molecule has 1 atom stereocenters. The number of nitro groups is 1. The largest absolute Gasteiger partial charge is 0.496 e. The van der Waals surface area contributed by atoms with Gasteiger partial charge in [0, 0.05) is 27.7 Å². The second-order valence-electron chi connectivity index (χ2n) is 9.55. The molecule has 216 valence electrons. The summed E-state index contributed by atoms with van der Waals surface area (Å²) in [6, 6.07) is 12.1. The molecule has 0 radical (unpaired) electrons. The fraction of sp³-hybridized carbons (Fsp3) is 0.207. The molecular formula is C29H23BrClN3O7S. The van der Waals surface area contributed by atoms with Gasteiger partial charge in [-0.05, 0) is 63.2 Å². The Labute approximate surface area is 256 Å². The van der Waals surface area contributed by atoms with Crippen LogP contribution in [0, 0.1) is 10.1 Å². The SMILES string of the molecule is COc1ccc(Br)cc1[C@H]1C(C(=O)OC(C)C)=C(C)N=c2s/c(=C\c3ccc(-c4ccc(Cl)c([N+](=O)[O-])c4)o3)c(=O)n21. The van der Waals surface area contributed by atoms with Crippen LogP contribution in [-0.4, -0.2) is 28.7 Å². The van der Waals surface area contributed by atoms with Crippen molar-refractivity contribution >= 4 is 56.6 Å². The van der Waals surface area contributed by atoms with Crippen molar-refractivity contribution in [1.29, 1.82) is 0 Å². The number of hydrogen-bond donors (Lipinski definition) is 0. The summed E-state index contributed by atoms with van der Waals surface area (Å²) < 4.78 is 19.6. The first-order valence-corrected chi connectivity index (χ1v) is 14.6. The number of aromatic nitrogens is 1. The molecular weight excluding hydrogens is 650 g/mol. The van der Waals surface area contributed by atoms with Gasteiger partial charge >= 0.3 is 5.97 Å². The number of nitro benzene ring substituents is 1. The number of nitrogens with zero attached hydrogens (tertiary/aromatic N) is 3. The topological polar surface area (TPSA) is 126 Å². The number of furan rings is 1. The molecule has 42 heavy (non-hydrogen) atoms. The molecule has 0 saturated carbocycles. The Bertz CT molecular complexity index is 1960. The molecule has 5 rings (SSSR count). The Morgan fingerprint density at radius 3 is 2.69 bits per heavy atom. The lowest BCUT2D eigenvalue weighted by molar-refractivity contribution is -0.384. The monoisotopic (exact) mass is 671 g/mol. The van der Waals surface area contributed by atoms with E-state index in [1.54, 1.807) is 63.2 Å². The van der Waals surface area contributed by atoms with Crippen molar-refractivity contribution in [2.24, 2.45) is 4.99 Å². The number of thiazole rings is 1. The first-order chi connectivity index (χ1) is 20.0. The molecule has 0 spiro atoms. The van der Waals surface area contributed by atoms with E-state index in [1.807, 2.05) is 0 Å². The first kappa shape index (κ1) is 29.5. The summed E-state index contributed by atoms with van der Waals surface area (Å²) in [5, 5.41) is 11.3. The number of carbonyl (C=O) groups excluding carboxylic acids is 1. The summed E-state index contributed by atoms with van der Waals surface area (Å²) in [5.74, 6) is 0.607. The second kappa shape index (κ2) is 11.7. The smallest absolute Gasteiger partial charge is 0.338 e. The quantitative estimate of drug-likeness (QED) is 0.138. The van der Waals surface area contributed by atoms with Crippen LogP contribution >= 0.6 is 38.9 Å². The standard InChI is InChI=1S/C29H23BrClN3O7S/c1-14(2)40-28(36)25-15(3)32-29-33(26(25)19-12-17(30)6-9-23(19)39-4)27(35)24(42-29)13-18-7-10-22(41-18)16-5-8-20(31)21(11-16)34(37)38/h5-14,26H,1-4H3/b24-13-/t26-/m0/s1. The van der Waals surface area contributed by atoms with E-state index in [0.717, 1.165) is 15.8 Å². The molecule has 0 saturated heterocycles. The summed E-state index contributed by atoms with van der Waals surface area (Å²) in [6.07, 6.45) is 1.18. The van der Waals surface area contributed by atoms with Gasteiger partial charge in [-0.3, -0.25) is 19.5 Å².